The van der Waals surface area contributed by atoms with Gasteiger partial charge in [-0.15, -0.1) is 5.73 Å². The predicted molar refractivity (Wildman–Crippen MR) is 76.5 cm³/mol. The molecule has 1 unspecified atom stereocenters. The van der Waals surface area contributed by atoms with Gasteiger partial charge in [0, 0.05) is 0 Å². The number of fused-ring (bicyclic) bond motifs is 1. The highest BCUT2D eigenvalue weighted by Crippen LogP contribution is 2.29. The van der Waals surface area contributed by atoms with Gasteiger partial charge in [-0.05, 0) is 48.8 Å². The third-order valence-electron chi connectivity index (χ3n) is 2.98. The van der Waals surface area contributed by atoms with E-state index in [2.05, 4.69) is 17.9 Å². The van der Waals surface area contributed by atoms with Crippen molar-refractivity contribution in [2.24, 2.45) is 0 Å². The Morgan fingerprint density at radius 3 is 2.50 bits per heavy atom. The first-order valence-corrected chi connectivity index (χ1v) is 6.12. The molecular formula is C17H18O. The molecule has 0 aromatic heterocycles. The minimum atomic E-state index is -1.00. The molecule has 92 valence electrons. The van der Waals surface area contributed by atoms with Gasteiger partial charge in [0.15, 0.2) is 0 Å². The Bertz CT molecular complexity index is 620. The predicted octanol–water partition coefficient (Wildman–Crippen LogP) is 4.17. The molecule has 2 rings (SSSR count). The van der Waals surface area contributed by atoms with Crippen LogP contribution in [0.5, 0.6) is 0 Å². The lowest BCUT2D eigenvalue weighted by molar-refractivity contribution is 0.113. The Morgan fingerprint density at radius 1 is 1.11 bits per heavy atom. The van der Waals surface area contributed by atoms with Crippen LogP contribution >= 0.6 is 0 Å². The van der Waals surface area contributed by atoms with E-state index in [9.17, 15) is 5.11 Å². The van der Waals surface area contributed by atoms with Crippen molar-refractivity contribution in [1.29, 1.82) is 0 Å². The molecule has 0 saturated carbocycles. The Hall–Kier alpha value is -1.82. The minimum absolute atomic E-state index is 0.911. The second kappa shape index (κ2) is 4.81. The van der Waals surface area contributed by atoms with Crippen molar-refractivity contribution in [2.45, 2.75) is 26.4 Å². The SMILES string of the molecule is CC(C)=C=CC(C)(O)c1cccc2ccccc12. The average molecular weight is 238 g/mol. The summed E-state index contributed by atoms with van der Waals surface area (Å²) in [6, 6.07) is 14.1. The second-order valence-corrected chi connectivity index (χ2v) is 4.96. The van der Waals surface area contributed by atoms with Crippen LogP contribution in [0.25, 0.3) is 10.8 Å². The summed E-state index contributed by atoms with van der Waals surface area (Å²) in [7, 11) is 0. The van der Waals surface area contributed by atoms with E-state index in [1.165, 1.54) is 0 Å². The first kappa shape index (κ1) is 12.6. The van der Waals surface area contributed by atoms with Crippen LogP contribution < -0.4 is 0 Å². The Labute approximate surface area is 108 Å². The van der Waals surface area contributed by atoms with Crippen molar-refractivity contribution in [3.8, 4) is 0 Å². The summed E-state index contributed by atoms with van der Waals surface area (Å²) in [5.74, 6) is 0. The Balaban J connectivity index is 2.64. The quantitative estimate of drug-likeness (QED) is 0.778. The summed E-state index contributed by atoms with van der Waals surface area (Å²) in [4.78, 5) is 0. The lowest BCUT2D eigenvalue weighted by Crippen LogP contribution is -2.17. The molecule has 0 saturated heterocycles. The largest absolute Gasteiger partial charge is 0.381 e. The van der Waals surface area contributed by atoms with Crippen molar-refractivity contribution in [1.82, 2.24) is 0 Å². The van der Waals surface area contributed by atoms with E-state index in [1.54, 1.807) is 13.0 Å². The van der Waals surface area contributed by atoms with Crippen molar-refractivity contribution in [3.05, 3.63) is 65.4 Å². The average Bonchev–Trinajstić information content (AvgIpc) is 2.36. The van der Waals surface area contributed by atoms with Gasteiger partial charge in [-0.2, -0.15) is 0 Å². The first-order chi connectivity index (χ1) is 8.50. The van der Waals surface area contributed by atoms with Crippen LogP contribution in [-0.4, -0.2) is 5.11 Å². The van der Waals surface area contributed by atoms with E-state index in [4.69, 9.17) is 0 Å². The molecule has 1 N–H and O–H groups in total. The van der Waals surface area contributed by atoms with E-state index in [1.807, 2.05) is 44.2 Å². The van der Waals surface area contributed by atoms with Crippen molar-refractivity contribution in [2.75, 3.05) is 0 Å². The molecule has 0 amide bonds. The van der Waals surface area contributed by atoms with E-state index in [0.717, 1.165) is 21.9 Å². The summed E-state index contributed by atoms with van der Waals surface area (Å²) in [5.41, 5.74) is 4.05. The van der Waals surface area contributed by atoms with Crippen LogP contribution in [-0.2, 0) is 5.60 Å². The molecule has 1 heteroatoms. The van der Waals surface area contributed by atoms with E-state index in [-0.39, 0.29) is 0 Å². The van der Waals surface area contributed by atoms with Gasteiger partial charge in [-0.1, -0.05) is 42.5 Å². The maximum Gasteiger partial charge on any atom is 0.113 e. The summed E-state index contributed by atoms with van der Waals surface area (Å²) >= 11 is 0. The highest BCUT2D eigenvalue weighted by molar-refractivity contribution is 5.86. The zero-order valence-corrected chi connectivity index (χ0v) is 11.1. The summed E-state index contributed by atoms with van der Waals surface area (Å²) in [6.07, 6.45) is 1.73. The normalized spacial score (nSPS) is 13.8. The van der Waals surface area contributed by atoms with Crippen LogP contribution in [0.2, 0.25) is 0 Å². The fraction of sp³-hybridized carbons (Fsp3) is 0.235. The van der Waals surface area contributed by atoms with Crippen LogP contribution in [0, 0.1) is 0 Å². The molecule has 0 aliphatic rings. The van der Waals surface area contributed by atoms with Crippen LogP contribution in [0.1, 0.15) is 26.3 Å². The smallest absolute Gasteiger partial charge is 0.113 e. The molecule has 0 aliphatic heterocycles. The molecular weight excluding hydrogens is 220 g/mol. The lowest BCUT2D eigenvalue weighted by atomic mass is 9.91. The van der Waals surface area contributed by atoms with Gasteiger partial charge in [0.1, 0.15) is 5.60 Å². The van der Waals surface area contributed by atoms with Crippen molar-refractivity contribution in [3.63, 3.8) is 0 Å². The van der Waals surface area contributed by atoms with E-state index < -0.39 is 5.60 Å². The fourth-order valence-electron chi connectivity index (χ4n) is 2.03. The van der Waals surface area contributed by atoms with Gasteiger partial charge in [0.25, 0.3) is 0 Å². The molecule has 0 radical (unpaired) electrons. The maximum atomic E-state index is 10.6. The van der Waals surface area contributed by atoms with E-state index >= 15 is 0 Å². The van der Waals surface area contributed by atoms with Crippen LogP contribution in [0.15, 0.2) is 59.8 Å². The zero-order valence-electron chi connectivity index (χ0n) is 11.1. The summed E-state index contributed by atoms with van der Waals surface area (Å²) in [6.45, 7) is 5.73. The molecule has 0 heterocycles. The second-order valence-electron chi connectivity index (χ2n) is 4.96. The molecule has 0 bridgehead atoms. The zero-order chi connectivity index (χ0) is 13.2. The van der Waals surface area contributed by atoms with Crippen molar-refractivity contribution < 1.29 is 5.11 Å². The van der Waals surface area contributed by atoms with Gasteiger partial charge < -0.3 is 5.11 Å². The van der Waals surface area contributed by atoms with Crippen molar-refractivity contribution >= 4 is 10.8 Å². The molecule has 18 heavy (non-hydrogen) atoms. The molecule has 0 fully saturated rings. The highest BCUT2D eigenvalue weighted by atomic mass is 16.3. The molecule has 0 spiro atoms. The number of benzene rings is 2. The third-order valence-corrected chi connectivity index (χ3v) is 2.98. The van der Waals surface area contributed by atoms with Crippen LogP contribution in [0.4, 0.5) is 0 Å². The van der Waals surface area contributed by atoms with Gasteiger partial charge in [0.2, 0.25) is 0 Å². The van der Waals surface area contributed by atoms with Gasteiger partial charge >= 0.3 is 0 Å². The van der Waals surface area contributed by atoms with Gasteiger partial charge in [-0.3, -0.25) is 0 Å². The minimum Gasteiger partial charge on any atom is -0.381 e. The molecule has 0 aliphatic carbocycles. The first-order valence-electron chi connectivity index (χ1n) is 6.12. The standard InChI is InChI=1S/C17H18O/c1-13(2)11-12-17(3,18)16-10-6-8-14-7-4-5-9-15(14)16/h4-10,12,18H,1-3H3. The molecule has 2 aromatic carbocycles. The molecule has 1 nitrogen and oxygen atoms in total. The van der Waals surface area contributed by atoms with Gasteiger partial charge in [-0.25, -0.2) is 0 Å². The number of hydrogen-bond acceptors (Lipinski definition) is 1. The third kappa shape index (κ3) is 2.53. The Morgan fingerprint density at radius 2 is 1.78 bits per heavy atom. The summed E-state index contributed by atoms with van der Waals surface area (Å²) in [5, 5.41) is 12.8. The maximum absolute atomic E-state index is 10.6. The number of hydrogen-bond donors (Lipinski definition) is 1. The number of aliphatic hydroxyl groups is 1. The molecule has 2 aromatic rings. The van der Waals surface area contributed by atoms with Crippen LogP contribution in [0.3, 0.4) is 0 Å². The fourth-order valence-corrected chi connectivity index (χ4v) is 2.03. The lowest BCUT2D eigenvalue weighted by Gasteiger charge is -2.20. The number of rotatable bonds is 2. The topological polar surface area (TPSA) is 20.2 Å². The summed E-state index contributed by atoms with van der Waals surface area (Å²) < 4.78 is 0. The van der Waals surface area contributed by atoms with E-state index in [0.29, 0.717) is 0 Å². The monoisotopic (exact) mass is 238 g/mol. The molecule has 1 atom stereocenters. The Kier molecular flexibility index (Phi) is 3.38. The van der Waals surface area contributed by atoms with Gasteiger partial charge in [0.05, 0.1) is 0 Å². The highest BCUT2D eigenvalue weighted by Gasteiger charge is 2.21.